The summed E-state index contributed by atoms with van der Waals surface area (Å²) in [5.41, 5.74) is 0.309. The maximum Gasteiger partial charge on any atom is 0.278 e. The molecule has 2 aromatic rings. The lowest BCUT2D eigenvalue weighted by Gasteiger charge is -2.24. The van der Waals surface area contributed by atoms with E-state index in [2.05, 4.69) is 20.3 Å². The third kappa shape index (κ3) is 2.71. The number of H-pyrrole nitrogens is 1. The summed E-state index contributed by atoms with van der Waals surface area (Å²) in [6, 6.07) is 0. The van der Waals surface area contributed by atoms with E-state index in [1.54, 1.807) is 4.57 Å². The smallest absolute Gasteiger partial charge is 0.278 e. The van der Waals surface area contributed by atoms with Gasteiger partial charge >= 0.3 is 0 Å². The van der Waals surface area contributed by atoms with Crippen LogP contribution in [0.15, 0.2) is 17.4 Å². The molecule has 0 aliphatic carbocycles. The summed E-state index contributed by atoms with van der Waals surface area (Å²) in [6.07, 6.45) is 1.10. The van der Waals surface area contributed by atoms with Crippen molar-refractivity contribution in [3.63, 3.8) is 0 Å². The molecule has 0 spiro atoms. The summed E-state index contributed by atoms with van der Waals surface area (Å²) in [7, 11) is 0. The molecule has 4 rings (SSSR count). The highest BCUT2D eigenvalue weighted by Crippen LogP contribution is 2.43. The van der Waals surface area contributed by atoms with Gasteiger partial charge in [-0.3, -0.25) is 14.2 Å². The number of rotatable bonds is 3. The van der Waals surface area contributed by atoms with Crippen LogP contribution in [-0.2, 0) is 19.0 Å². The number of carbonyl (C=O) groups is 1. The fourth-order valence-electron chi connectivity index (χ4n) is 3.34. The predicted molar refractivity (Wildman–Crippen MR) is 84.6 cm³/mol. The molecule has 2 aliphatic heterocycles. The molecule has 2 N–H and O–H groups in total. The lowest BCUT2D eigenvalue weighted by atomic mass is 10.1. The Morgan fingerprint density at radius 2 is 2.12 bits per heavy atom. The van der Waals surface area contributed by atoms with Crippen molar-refractivity contribution in [2.45, 2.75) is 51.1 Å². The molecule has 10 nitrogen and oxygen atoms in total. The number of fused-ring (bicyclic) bond motifs is 2. The van der Waals surface area contributed by atoms with Crippen LogP contribution in [0.2, 0.25) is 0 Å². The first-order chi connectivity index (χ1) is 11.9. The van der Waals surface area contributed by atoms with Crippen LogP contribution in [0, 0.1) is 0 Å². The average molecular weight is 349 g/mol. The number of nitrogens with one attached hydrogen (secondary N) is 2. The van der Waals surface area contributed by atoms with Crippen LogP contribution in [0.25, 0.3) is 11.2 Å². The van der Waals surface area contributed by atoms with E-state index in [1.807, 2.05) is 13.8 Å². The van der Waals surface area contributed by atoms with Gasteiger partial charge in [-0.1, -0.05) is 0 Å². The Balaban J connectivity index is 1.70. The molecule has 4 atom stereocenters. The number of ether oxygens (including phenoxy) is 3. The van der Waals surface area contributed by atoms with Crippen molar-refractivity contribution in [2.75, 3.05) is 6.54 Å². The van der Waals surface area contributed by atoms with Gasteiger partial charge in [-0.2, -0.15) is 0 Å². The number of hydrogen-bond acceptors (Lipinski definition) is 7. The predicted octanol–water partition coefficient (Wildman–Crippen LogP) is -0.327. The van der Waals surface area contributed by atoms with E-state index in [0.29, 0.717) is 12.2 Å². The Morgan fingerprint density at radius 3 is 2.88 bits per heavy atom. The van der Waals surface area contributed by atoms with E-state index in [1.165, 1.54) is 19.6 Å². The maximum atomic E-state index is 11.9. The SMILES string of the molecule is CC(=O)NC[C@H]1O[C@@H](n2cnc3c(=O)[nH]cnc32)[C@@H]2OC(C)(C)O[C@@H]21. The molecular weight excluding hydrogens is 330 g/mol. The minimum absolute atomic E-state index is 0.150. The van der Waals surface area contributed by atoms with Gasteiger partial charge in [-0.15, -0.1) is 0 Å². The van der Waals surface area contributed by atoms with Gasteiger partial charge in [-0.25, -0.2) is 9.97 Å². The van der Waals surface area contributed by atoms with Crippen LogP contribution >= 0.6 is 0 Å². The normalized spacial score (nSPS) is 30.5. The zero-order valence-electron chi connectivity index (χ0n) is 14.1. The van der Waals surface area contributed by atoms with Gasteiger partial charge in [0.05, 0.1) is 12.7 Å². The van der Waals surface area contributed by atoms with Crippen molar-refractivity contribution in [3.8, 4) is 0 Å². The van der Waals surface area contributed by atoms with Gasteiger partial charge in [0.25, 0.3) is 5.56 Å². The summed E-state index contributed by atoms with van der Waals surface area (Å²) in [5, 5.41) is 2.74. The molecule has 0 bridgehead atoms. The number of aromatic amines is 1. The molecule has 0 radical (unpaired) electrons. The summed E-state index contributed by atoms with van der Waals surface area (Å²) < 4.78 is 19.7. The summed E-state index contributed by atoms with van der Waals surface area (Å²) in [5.74, 6) is -0.921. The van der Waals surface area contributed by atoms with Gasteiger partial charge < -0.3 is 24.5 Å². The molecule has 0 saturated carbocycles. The van der Waals surface area contributed by atoms with Gasteiger partial charge in [0.2, 0.25) is 5.91 Å². The van der Waals surface area contributed by atoms with Gasteiger partial charge in [-0.05, 0) is 13.8 Å². The minimum Gasteiger partial charge on any atom is -0.354 e. The second-order valence-electron chi connectivity index (χ2n) is 6.62. The number of hydrogen-bond donors (Lipinski definition) is 2. The highest BCUT2D eigenvalue weighted by molar-refractivity contribution is 5.72. The Morgan fingerprint density at radius 1 is 1.36 bits per heavy atom. The first kappa shape index (κ1) is 16.2. The molecule has 0 unspecified atom stereocenters. The van der Waals surface area contributed by atoms with Crippen molar-refractivity contribution in [2.24, 2.45) is 0 Å². The quantitative estimate of drug-likeness (QED) is 0.778. The monoisotopic (exact) mass is 349 g/mol. The zero-order valence-corrected chi connectivity index (χ0v) is 14.1. The lowest BCUT2D eigenvalue weighted by Crippen LogP contribution is -2.39. The number of aromatic nitrogens is 4. The van der Waals surface area contributed by atoms with Crippen molar-refractivity contribution < 1.29 is 19.0 Å². The molecular formula is C15H19N5O5. The number of carbonyl (C=O) groups excluding carboxylic acids is 1. The first-order valence-electron chi connectivity index (χ1n) is 8.01. The Hall–Kier alpha value is -2.30. The lowest BCUT2D eigenvalue weighted by molar-refractivity contribution is -0.195. The Kier molecular flexibility index (Phi) is 3.63. The summed E-state index contributed by atoms with van der Waals surface area (Å²) >= 11 is 0. The van der Waals surface area contributed by atoms with E-state index >= 15 is 0 Å². The van der Waals surface area contributed by atoms with E-state index in [4.69, 9.17) is 14.2 Å². The molecule has 1 amide bonds. The highest BCUT2D eigenvalue weighted by Gasteiger charge is 2.56. The zero-order chi connectivity index (χ0) is 17.8. The number of nitrogens with zero attached hydrogens (tertiary/aromatic N) is 3. The Labute approximate surface area is 142 Å². The van der Waals surface area contributed by atoms with Crippen molar-refractivity contribution >= 4 is 17.1 Å². The van der Waals surface area contributed by atoms with Crippen LogP contribution in [0.3, 0.4) is 0 Å². The van der Waals surface area contributed by atoms with Crippen LogP contribution < -0.4 is 10.9 Å². The molecule has 2 saturated heterocycles. The third-order valence-electron chi connectivity index (χ3n) is 4.32. The standard InChI is InChI=1S/C15H19N5O5/c1-7(21)16-4-8-10-11(25-15(2,3)24-10)14(23-8)20-6-19-9-12(20)17-5-18-13(9)22/h5-6,8,10-11,14H,4H2,1-3H3,(H,16,21)(H,17,18,22)/t8-,10-,11-,14-/m1/s1. The third-order valence-corrected chi connectivity index (χ3v) is 4.32. The Bertz CT molecular complexity index is 875. The summed E-state index contributed by atoms with van der Waals surface area (Å²) in [4.78, 5) is 33.9. The maximum absolute atomic E-state index is 11.9. The van der Waals surface area contributed by atoms with Gasteiger partial charge in [0.1, 0.15) is 18.3 Å². The molecule has 2 fully saturated rings. The molecule has 0 aromatic carbocycles. The topological polar surface area (TPSA) is 120 Å². The fraction of sp³-hybridized carbons (Fsp3) is 0.600. The van der Waals surface area contributed by atoms with E-state index < -0.39 is 18.1 Å². The molecule has 25 heavy (non-hydrogen) atoms. The van der Waals surface area contributed by atoms with Crippen LogP contribution in [0.5, 0.6) is 0 Å². The van der Waals surface area contributed by atoms with Crippen molar-refractivity contribution in [1.82, 2.24) is 24.8 Å². The number of amides is 1. The molecule has 2 aliphatic rings. The van der Waals surface area contributed by atoms with Crippen molar-refractivity contribution in [1.29, 1.82) is 0 Å². The van der Waals surface area contributed by atoms with Crippen LogP contribution in [0.1, 0.15) is 27.0 Å². The van der Waals surface area contributed by atoms with Gasteiger partial charge in [0, 0.05) is 13.5 Å². The van der Waals surface area contributed by atoms with E-state index in [-0.39, 0.29) is 29.2 Å². The van der Waals surface area contributed by atoms with Gasteiger partial charge in [0.15, 0.2) is 23.2 Å². The highest BCUT2D eigenvalue weighted by atomic mass is 16.8. The molecule has 2 aromatic heterocycles. The molecule has 134 valence electrons. The molecule has 10 heteroatoms. The second kappa shape index (κ2) is 5.61. The number of imidazole rings is 1. The van der Waals surface area contributed by atoms with E-state index in [0.717, 1.165) is 0 Å². The average Bonchev–Trinajstić information content (AvgIpc) is 3.17. The van der Waals surface area contributed by atoms with E-state index in [9.17, 15) is 9.59 Å². The first-order valence-corrected chi connectivity index (χ1v) is 8.01. The van der Waals surface area contributed by atoms with Crippen LogP contribution in [-0.4, -0.2) is 56.1 Å². The largest absolute Gasteiger partial charge is 0.354 e. The summed E-state index contributed by atoms with van der Waals surface area (Å²) in [6.45, 7) is 5.39. The fourth-order valence-corrected chi connectivity index (χ4v) is 3.34. The minimum atomic E-state index is -0.771. The molecule has 4 heterocycles. The van der Waals surface area contributed by atoms with Crippen LogP contribution in [0.4, 0.5) is 0 Å². The second-order valence-corrected chi connectivity index (χ2v) is 6.62. The van der Waals surface area contributed by atoms with Crippen molar-refractivity contribution in [3.05, 3.63) is 23.0 Å².